The first kappa shape index (κ1) is 41.3. The molecule has 0 atom stereocenters. The van der Waals surface area contributed by atoms with Crippen LogP contribution in [-0.2, 0) is 27.4 Å². The molecule has 0 unspecified atom stereocenters. The lowest BCUT2D eigenvalue weighted by Crippen LogP contribution is -2.10. The van der Waals surface area contributed by atoms with E-state index in [0.29, 0.717) is 39.6 Å². The van der Waals surface area contributed by atoms with Crippen LogP contribution in [0.15, 0.2) is 88.1 Å². The quantitative estimate of drug-likeness (QED) is 0.0999. The first-order valence-corrected chi connectivity index (χ1v) is 16.2. The van der Waals surface area contributed by atoms with Gasteiger partial charge >= 0.3 is 0 Å². The molecular weight excluding hydrogens is 572 g/mol. The van der Waals surface area contributed by atoms with Gasteiger partial charge in [-0.15, -0.1) is 0 Å². The fraction of sp³-hybridized carbons (Fsp3) is 0.500. The van der Waals surface area contributed by atoms with Crippen LogP contribution in [0.1, 0.15) is 78.0 Å². The minimum absolute atomic E-state index is 0.445. The van der Waals surface area contributed by atoms with E-state index in [1.54, 1.807) is 6.07 Å². The molecule has 0 amide bonds. The number of aromatic nitrogens is 2. The molecule has 0 fully saturated rings. The Morgan fingerprint density at radius 3 is 1.64 bits per heavy atom. The molecule has 4 rings (SSSR count). The third kappa shape index (κ3) is 23.4. The molecule has 0 bridgehead atoms. The van der Waals surface area contributed by atoms with Crippen LogP contribution >= 0.6 is 0 Å². The summed E-state index contributed by atoms with van der Waals surface area (Å²) >= 11 is 0. The number of hydrogen-bond acceptors (Lipinski definition) is 9. The molecule has 0 spiro atoms. The summed E-state index contributed by atoms with van der Waals surface area (Å²) in [6, 6.07) is 23.2. The molecule has 2 aromatic carbocycles. The number of ether oxygens (including phenoxy) is 5. The first-order valence-electron chi connectivity index (χ1n) is 16.2. The normalized spacial score (nSPS) is 9.58. The Hall–Kier alpha value is -3.66. The predicted molar refractivity (Wildman–Crippen MR) is 180 cm³/mol. The van der Waals surface area contributed by atoms with Gasteiger partial charge in [0.1, 0.15) is 41.5 Å². The van der Waals surface area contributed by atoms with Crippen LogP contribution in [0.25, 0.3) is 0 Å². The van der Waals surface area contributed by atoms with Gasteiger partial charge in [0.05, 0.1) is 39.6 Å². The highest BCUT2D eigenvalue weighted by molar-refractivity contribution is 5.21. The lowest BCUT2D eigenvalue weighted by atomic mass is 10.2. The van der Waals surface area contributed by atoms with E-state index in [-0.39, 0.29) is 0 Å². The molecule has 45 heavy (non-hydrogen) atoms. The van der Waals surface area contributed by atoms with E-state index in [1.165, 1.54) is 6.26 Å². The number of rotatable bonds is 18. The van der Waals surface area contributed by atoms with Crippen LogP contribution in [0.4, 0.5) is 0 Å². The van der Waals surface area contributed by atoms with Crippen LogP contribution < -0.4 is 9.47 Å². The van der Waals surface area contributed by atoms with Crippen molar-refractivity contribution in [3.05, 3.63) is 96.2 Å². The maximum Gasteiger partial charge on any atom is 0.134 e. The van der Waals surface area contributed by atoms with Gasteiger partial charge in [-0.2, -0.15) is 0 Å². The molecule has 0 radical (unpaired) electrons. The smallest absolute Gasteiger partial charge is 0.134 e. The summed E-state index contributed by atoms with van der Waals surface area (Å²) in [7, 11) is 0. The van der Waals surface area contributed by atoms with Crippen molar-refractivity contribution in [2.75, 3.05) is 39.6 Å². The second-order valence-corrected chi connectivity index (χ2v) is 8.52. The SMILES string of the molecule is CC.CC.CC.Cc1cc(COCCCCCOc2ccccc2)no1.c1ccc(OCCOCCOCc2ccon2)cc1. The highest BCUT2D eigenvalue weighted by Crippen LogP contribution is 2.10. The zero-order valence-electron chi connectivity index (χ0n) is 28.5. The lowest BCUT2D eigenvalue weighted by Gasteiger charge is -2.07. The van der Waals surface area contributed by atoms with Crippen molar-refractivity contribution in [3.63, 3.8) is 0 Å². The van der Waals surface area contributed by atoms with Gasteiger partial charge < -0.3 is 32.7 Å². The van der Waals surface area contributed by atoms with Gasteiger partial charge in [0, 0.05) is 18.7 Å². The molecule has 4 aromatic rings. The van der Waals surface area contributed by atoms with Gasteiger partial charge in [0.15, 0.2) is 0 Å². The van der Waals surface area contributed by atoms with Gasteiger partial charge in [-0.1, -0.05) is 88.3 Å². The maximum absolute atomic E-state index is 5.62. The standard InChI is InChI=1S/C16H21NO3.C14H17NO4.3C2H6/c1-14-12-15(17-20-14)13-18-10-6-3-7-11-19-16-8-4-2-5-9-16;1-2-4-14(5-3-1)18-11-10-16-8-9-17-12-13-6-7-19-15-13;3*1-2/h2,4-5,8-9,12H,3,6-7,10-11,13H2,1H3;1-7H,8-12H2;3*1-2H3. The van der Waals surface area contributed by atoms with Gasteiger partial charge in [0.2, 0.25) is 0 Å². The average Bonchev–Trinajstić information content (AvgIpc) is 3.79. The van der Waals surface area contributed by atoms with Crippen LogP contribution in [0.2, 0.25) is 0 Å². The molecule has 9 nitrogen and oxygen atoms in total. The minimum atomic E-state index is 0.445. The van der Waals surface area contributed by atoms with E-state index in [1.807, 2.05) is 115 Å². The van der Waals surface area contributed by atoms with E-state index in [9.17, 15) is 0 Å². The molecule has 0 saturated heterocycles. The monoisotopic (exact) mass is 628 g/mol. The van der Waals surface area contributed by atoms with Crippen LogP contribution in [-0.4, -0.2) is 50.0 Å². The number of unbranched alkanes of at least 4 members (excludes halogenated alkanes) is 2. The molecule has 252 valence electrons. The van der Waals surface area contributed by atoms with E-state index in [4.69, 9.17) is 28.2 Å². The molecule has 0 aliphatic heterocycles. The zero-order chi connectivity index (χ0) is 33.2. The number of nitrogens with zero attached hydrogens (tertiary/aromatic N) is 2. The second kappa shape index (κ2) is 31.8. The molecular formula is C36H56N2O7. The van der Waals surface area contributed by atoms with Gasteiger partial charge in [0.25, 0.3) is 0 Å². The number of aryl methyl sites for hydroxylation is 1. The average molecular weight is 629 g/mol. The van der Waals surface area contributed by atoms with Crippen LogP contribution in [0, 0.1) is 6.92 Å². The minimum Gasteiger partial charge on any atom is -0.494 e. The molecule has 2 heterocycles. The lowest BCUT2D eigenvalue weighted by molar-refractivity contribution is 0.0288. The Labute approximate surface area is 271 Å². The van der Waals surface area contributed by atoms with Crippen molar-refractivity contribution in [3.8, 4) is 11.5 Å². The topological polar surface area (TPSA) is 98.2 Å². The van der Waals surface area contributed by atoms with E-state index in [2.05, 4.69) is 14.8 Å². The molecule has 0 N–H and O–H groups in total. The maximum atomic E-state index is 5.62. The van der Waals surface area contributed by atoms with E-state index >= 15 is 0 Å². The Morgan fingerprint density at radius 2 is 1.07 bits per heavy atom. The summed E-state index contributed by atoms with van der Waals surface area (Å²) in [4.78, 5) is 0. The summed E-state index contributed by atoms with van der Waals surface area (Å²) < 4.78 is 37.0. The van der Waals surface area contributed by atoms with Crippen LogP contribution in [0.5, 0.6) is 11.5 Å². The highest BCUT2D eigenvalue weighted by Gasteiger charge is 2.00. The molecule has 0 aliphatic carbocycles. The van der Waals surface area contributed by atoms with Crippen molar-refractivity contribution in [1.29, 1.82) is 0 Å². The Morgan fingerprint density at radius 1 is 0.533 bits per heavy atom. The molecule has 9 heteroatoms. The van der Waals surface area contributed by atoms with Gasteiger partial charge in [-0.25, -0.2) is 0 Å². The Kier molecular flexibility index (Phi) is 29.2. The predicted octanol–water partition coefficient (Wildman–Crippen LogP) is 9.11. The highest BCUT2D eigenvalue weighted by atomic mass is 16.5. The third-order valence-electron chi connectivity index (χ3n) is 5.22. The second-order valence-electron chi connectivity index (χ2n) is 8.52. The van der Waals surface area contributed by atoms with Crippen LogP contribution in [0.3, 0.4) is 0 Å². The zero-order valence-corrected chi connectivity index (χ0v) is 28.5. The number of para-hydroxylation sites is 2. The van der Waals surface area contributed by atoms with E-state index in [0.717, 1.165) is 61.1 Å². The fourth-order valence-corrected chi connectivity index (χ4v) is 3.30. The summed E-state index contributed by atoms with van der Waals surface area (Å²) in [6.45, 7) is 18.5. The largest absolute Gasteiger partial charge is 0.494 e. The van der Waals surface area contributed by atoms with Gasteiger partial charge in [-0.05, 0) is 50.5 Å². The first-order chi connectivity index (χ1) is 22.3. The summed E-state index contributed by atoms with van der Waals surface area (Å²) in [5.41, 5.74) is 1.64. The Bertz CT molecular complexity index is 1090. The van der Waals surface area contributed by atoms with Crippen molar-refractivity contribution in [2.45, 2.75) is 80.9 Å². The van der Waals surface area contributed by atoms with Crippen molar-refractivity contribution in [2.24, 2.45) is 0 Å². The fourth-order valence-electron chi connectivity index (χ4n) is 3.30. The third-order valence-corrected chi connectivity index (χ3v) is 5.22. The summed E-state index contributed by atoms with van der Waals surface area (Å²) in [5.74, 6) is 2.61. The van der Waals surface area contributed by atoms with E-state index < -0.39 is 0 Å². The van der Waals surface area contributed by atoms with Crippen molar-refractivity contribution < 1.29 is 32.7 Å². The molecule has 0 saturated carbocycles. The van der Waals surface area contributed by atoms with Crippen molar-refractivity contribution in [1.82, 2.24) is 10.3 Å². The number of benzene rings is 2. The molecule has 0 aliphatic rings. The number of hydrogen-bond donors (Lipinski definition) is 0. The van der Waals surface area contributed by atoms with Crippen molar-refractivity contribution >= 4 is 0 Å². The summed E-state index contributed by atoms with van der Waals surface area (Å²) in [5, 5.41) is 7.61. The Balaban J connectivity index is 0.000000739. The molecule has 2 aromatic heterocycles. The van der Waals surface area contributed by atoms with Gasteiger partial charge in [-0.3, -0.25) is 0 Å². The summed E-state index contributed by atoms with van der Waals surface area (Å²) in [6.07, 6.45) is 4.71.